The highest BCUT2D eigenvalue weighted by atomic mass is 16.5. The number of aromatic nitrogens is 3. The lowest BCUT2D eigenvalue weighted by molar-refractivity contribution is 0.122. The molecule has 0 saturated carbocycles. The Labute approximate surface area is 187 Å². The Bertz CT molecular complexity index is 1100. The Morgan fingerprint density at radius 1 is 0.781 bits per heavy atom. The average molecular weight is 433 g/mol. The van der Waals surface area contributed by atoms with Crippen molar-refractivity contribution in [1.29, 1.82) is 0 Å². The summed E-state index contributed by atoms with van der Waals surface area (Å²) in [6, 6.07) is 14.2. The van der Waals surface area contributed by atoms with Gasteiger partial charge >= 0.3 is 0 Å². The van der Waals surface area contributed by atoms with Gasteiger partial charge in [-0.2, -0.15) is 0 Å². The quantitative estimate of drug-likeness (QED) is 0.625. The molecule has 2 aliphatic rings. The highest BCUT2D eigenvalue weighted by Crippen LogP contribution is 2.24. The topological polar surface area (TPSA) is 66.7 Å². The number of hydrogen-bond acceptors (Lipinski definition) is 7. The normalized spacial score (nSPS) is 17.0. The monoisotopic (exact) mass is 432 g/mol. The van der Waals surface area contributed by atoms with E-state index in [4.69, 9.17) is 9.72 Å². The molecule has 0 aliphatic carbocycles. The Balaban J connectivity index is 1.28. The molecule has 2 fully saturated rings. The van der Waals surface area contributed by atoms with Crippen LogP contribution in [-0.4, -0.2) is 67.0 Å². The number of morpholine rings is 1. The molecule has 166 valence electrons. The minimum Gasteiger partial charge on any atom is -0.378 e. The van der Waals surface area contributed by atoms with Crippen molar-refractivity contribution in [3.05, 3.63) is 65.2 Å². The summed E-state index contributed by atoms with van der Waals surface area (Å²) in [5.74, 6) is 0.714. The predicted octanol–water partition coefficient (Wildman–Crippen LogP) is 2.01. The van der Waals surface area contributed by atoms with Crippen LogP contribution in [0.3, 0.4) is 0 Å². The van der Waals surface area contributed by atoms with Gasteiger partial charge in [-0.25, -0.2) is 4.98 Å². The zero-order valence-corrected chi connectivity index (χ0v) is 18.4. The van der Waals surface area contributed by atoms with Gasteiger partial charge in [-0.3, -0.25) is 14.3 Å². The van der Waals surface area contributed by atoms with Gasteiger partial charge in [0.1, 0.15) is 0 Å². The van der Waals surface area contributed by atoms with Crippen LogP contribution in [0.1, 0.15) is 0 Å². The summed E-state index contributed by atoms with van der Waals surface area (Å²) >= 11 is 0. The zero-order chi connectivity index (χ0) is 21.9. The van der Waals surface area contributed by atoms with E-state index in [0.717, 1.165) is 58.0 Å². The molecule has 2 aromatic heterocycles. The van der Waals surface area contributed by atoms with Crippen LogP contribution in [0.15, 0.2) is 59.7 Å². The fourth-order valence-corrected chi connectivity index (χ4v) is 4.34. The molecule has 0 amide bonds. The second kappa shape index (κ2) is 9.00. The van der Waals surface area contributed by atoms with Gasteiger partial charge in [0.15, 0.2) is 0 Å². The van der Waals surface area contributed by atoms with E-state index in [1.165, 1.54) is 11.4 Å². The maximum absolute atomic E-state index is 12.6. The molecule has 8 nitrogen and oxygen atoms in total. The minimum atomic E-state index is -0.0528. The van der Waals surface area contributed by atoms with Gasteiger partial charge in [-0.15, -0.1) is 0 Å². The Morgan fingerprint density at radius 3 is 1.97 bits per heavy atom. The van der Waals surface area contributed by atoms with Crippen molar-refractivity contribution in [2.24, 2.45) is 7.05 Å². The van der Waals surface area contributed by atoms with E-state index in [1.807, 2.05) is 12.1 Å². The third-order valence-corrected chi connectivity index (χ3v) is 6.24. The van der Waals surface area contributed by atoms with Crippen LogP contribution in [0, 0.1) is 0 Å². The third-order valence-electron chi connectivity index (χ3n) is 6.24. The molecular formula is C24H28N6O2. The molecule has 0 N–H and O–H groups in total. The summed E-state index contributed by atoms with van der Waals surface area (Å²) < 4.78 is 7.09. The zero-order valence-electron chi connectivity index (χ0n) is 18.4. The van der Waals surface area contributed by atoms with Crippen molar-refractivity contribution < 1.29 is 4.74 Å². The first-order valence-corrected chi connectivity index (χ1v) is 11.1. The molecule has 1 aromatic carbocycles. The smallest absolute Gasteiger partial charge is 0.255 e. The molecule has 0 bridgehead atoms. The van der Waals surface area contributed by atoms with Crippen molar-refractivity contribution in [3.63, 3.8) is 0 Å². The van der Waals surface area contributed by atoms with E-state index in [9.17, 15) is 4.79 Å². The van der Waals surface area contributed by atoms with Crippen molar-refractivity contribution in [2.75, 3.05) is 67.2 Å². The van der Waals surface area contributed by atoms with Crippen molar-refractivity contribution in [1.82, 2.24) is 14.5 Å². The van der Waals surface area contributed by atoms with Gasteiger partial charge in [-0.1, -0.05) is 0 Å². The van der Waals surface area contributed by atoms with Crippen molar-refractivity contribution in [3.8, 4) is 11.3 Å². The highest BCUT2D eigenvalue weighted by Gasteiger charge is 2.22. The second-order valence-electron chi connectivity index (χ2n) is 8.16. The molecule has 2 saturated heterocycles. The fourth-order valence-electron chi connectivity index (χ4n) is 4.34. The summed E-state index contributed by atoms with van der Waals surface area (Å²) in [5.41, 5.74) is 4.02. The summed E-state index contributed by atoms with van der Waals surface area (Å²) in [6.45, 7) is 6.87. The first-order valence-electron chi connectivity index (χ1n) is 11.1. The lowest BCUT2D eigenvalue weighted by Crippen LogP contribution is -2.48. The third kappa shape index (κ3) is 4.18. The first-order chi connectivity index (χ1) is 15.7. The van der Waals surface area contributed by atoms with Crippen molar-refractivity contribution >= 4 is 17.3 Å². The van der Waals surface area contributed by atoms with Gasteiger partial charge in [0.25, 0.3) is 5.56 Å². The molecule has 0 atom stereocenters. The number of anilines is 3. The summed E-state index contributed by atoms with van der Waals surface area (Å²) in [7, 11) is 1.79. The number of hydrogen-bond donors (Lipinski definition) is 0. The summed E-state index contributed by atoms with van der Waals surface area (Å²) in [6.07, 6.45) is 3.44. The SMILES string of the molecule is Cn1c(N2CCN(c3ccc(N4CCOCC4)cc3)CC2)nc(-c2ccncc2)cc1=O. The van der Waals surface area contributed by atoms with Crippen LogP contribution in [0.5, 0.6) is 0 Å². The molecule has 5 rings (SSSR count). The molecule has 32 heavy (non-hydrogen) atoms. The van der Waals surface area contributed by atoms with E-state index >= 15 is 0 Å². The Morgan fingerprint density at radius 2 is 1.34 bits per heavy atom. The van der Waals surface area contributed by atoms with Crippen LogP contribution in [0.25, 0.3) is 11.3 Å². The Kier molecular flexibility index (Phi) is 5.77. The molecule has 2 aliphatic heterocycles. The van der Waals surface area contributed by atoms with Crippen molar-refractivity contribution in [2.45, 2.75) is 0 Å². The van der Waals surface area contributed by atoms with E-state index in [-0.39, 0.29) is 5.56 Å². The highest BCUT2D eigenvalue weighted by molar-refractivity contribution is 5.60. The largest absolute Gasteiger partial charge is 0.378 e. The standard InChI is InChI=1S/C24H28N6O2/c1-27-23(31)18-22(19-6-8-25-9-7-19)26-24(27)30-12-10-28(11-13-30)20-2-4-21(5-3-20)29-14-16-32-17-15-29/h2-9,18H,10-17H2,1H3. The van der Waals surface area contributed by atoms with Crippen LogP contribution < -0.4 is 20.3 Å². The lowest BCUT2D eigenvalue weighted by Gasteiger charge is -2.37. The van der Waals surface area contributed by atoms with E-state index in [0.29, 0.717) is 11.6 Å². The van der Waals surface area contributed by atoms with Gasteiger partial charge in [-0.05, 0) is 36.4 Å². The molecular weight excluding hydrogens is 404 g/mol. The van der Waals surface area contributed by atoms with Crippen LogP contribution in [0.4, 0.5) is 17.3 Å². The van der Waals surface area contributed by atoms with Crippen LogP contribution in [0.2, 0.25) is 0 Å². The number of benzene rings is 1. The number of piperazine rings is 1. The predicted molar refractivity (Wildman–Crippen MR) is 127 cm³/mol. The molecule has 4 heterocycles. The van der Waals surface area contributed by atoms with E-state index < -0.39 is 0 Å². The maximum Gasteiger partial charge on any atom is 0.255 e. The Hall–Kier alpha value is -3.39. The van der Waals surface area contributed by atoms with Gasteiger partial charge in [0.05, 0.1) is 18.9 Å². The molecule has 3 aromatic rings. The summed E-state index contributed by atoms with van der Waals surface area (Å²) in [5, 5.41) is 0. The van der Waals surface area contributed by atoms with Gasteiger partial charge in [0.2, 0.25) is 5.95 Å². The van der Waals surface area contributed by atoms with Gasteiger partial charge in [0, 0.05) is 81.7 Å². The second-order valence-corrected chi connectivity index (χ2v) is 8.16. The lowest BCUT2D eigenvalue weighted by atomic mass is 10.2. The maximum atomic E-state index is 12.6. The number of ether oxygens (including phenoxy) is 1. The average Bonchev–Trinajstić information content (AvgIpc) is 2.87. The van der Waals surface area contributed by atoms with E-state index in [2.05, 4.69) is 43.9 Å². The number of nitrogens with zero attached hydrogens (tertiary/aromatic N) is 6. The fraction of sp³-hybridized carbons (Fsp3) is 0.375. The first kappa shape index (κ1) is 20.5. The minimum absolute atomic E-state index is 0.0528. The van der Waals surface area contributed by atoms with Crippen LogP contribution >= 0.6 is 0 Å². The molecule has 0 unspecified atom stereocenters. The molecule has 8 heteroatoms. The molecule has 0 spiro atoms. The van der Waals surface area contributed by atoms with Gasteiger partial charge < -0.3 is 19.4 Å². The summed E-state index contributed by atoms with van der Waals surface area (Å²) in [4.78, 5) is 28.4. The molecule has 0 radical (unpaired) electrons. The van der Waals surface area contributed by atoms with E-state index in [1.54, 1.807) is 30.1 Å². The number of rotatable bonds is 4. The van der Waals surface area contributed by atoms with Crippen LogP contribution in [-0.2, 0) is 11.8 Å². The number of pyridine rings is 1.